The molecule has 72 valence electrons. The molecule has 0 spiro atoms. The van der Waals surface area contributed by atoms with Gasteiger partial charge in [-0.1, -0.05) is 38.2 Å². The van der Waals surface area contributed by atoms with Crippen LogP contribution in [0, 0.1) is 0 Å². The van der Waals surface area contributed by atoms with Crippen LogP contribution in [0.3, 0.4) is 0 Å². The van der Waals surface area contributed by atoms with Crippen LogP contribution in [0.1, 0.15) is 51.4 Å². The van der Waals surface area contributed by atoms with Gasteiger partial charge in [0.05, 0.1) is 0 Å². The molecule has 1 atom stereocenters. The highest BCUT2D eigenvalue weighted by molar-refractivity contribution is 7.16. The topological polar surface area (TPSA) is 0 Å². The van der Waals surface area contributed by atoms with E-state index in [9.17, 15) is 0 Å². The molecule has 0 amide bonds. The lowest BCUT2D eigenvalue weighted by atomic mass is 10.1. The van der Waals surface area contributed by atoms with Crippen LogP contribution in [0.25, 0.3) is 0 Å². The molecule has 0 aliphatic carbocycles. The van der Waals surface area contributed by atoms with Crippen molar-refractivity contribution >= 4 is 9.24 Å². The van der Waals surface area contributed by atoms with Crippen LogP contribution < -0.4 is 0 Å². The summed E-state index contributed by atoms with van der Waals surface area (Å²) in [7, 11) is 2.79. The lowest BCUT2D eigenvalue weighted by molar-refractivity contribution is 0.593. The van der Waals surface area contributed by atoms with Crippen LogP contribution >= 0.6 is 9.24 Å². The Bertz CT molecular complexity index is 89.0. The molecular formula is C11H23P. The second-order valence-electron chi connectivity index (χ2n) is 3.34. The van der Waals surface area contributed by atoms with Crippen LogP contribution in [0.5, 0.6) is 0 Å². The molecule has 0 aliphatic rings. The molecule has 0 radical (unpaired) electrons. The molecule has 0 bridgehead atoms. The summed E-state index contributed by atoms with van der Waals surface area (Å²) in [6, 6.07) is 0. The van der Waals surface area contributed by atoms with E-state index in [4.69, 9.17) is 0 Å². The highest BCUT2D eigenvalue weighted by Crippen LogP contribution is 2.09. The van der Waals surface area contributed by atoms with Gasteiger partial charge < -0.3 is 0 Å². The maximum absolute atomic E-state index is 3.72. The predicted octanol–water partition coefficient (Wildman–Crippen LogP) is 4.17. The maximum Gasteiger partial charge on any atom is -0.0353 e. The largest absolute Gasteiger partial charge is 0.138 e. The normalized spacial score (nSPS) is 10.1. The molecule has 0 nitrogen and oxygen atoms in total. The van der Waals surface area contributed by atoms with Gasteiger partial charge in [-0.25, -0.2) is 0 Å². The summed E-state index contributed by atoms with van der Waals surface area (Å²) in [6.45, 7) is 3.72. The van der Waals surface area contributed by atoms with Crippen molar-refractivity contribution < 1.29 is 0 Å². The number of unbranched alkanes of at least 4 members (excludes halogenated alkanes) is 7. The zero-order valence-electron chi connectivity index (χ0n) is 8.23. The molecule has 0 heterocycles. The third-order valence-electron chi connectivity index (χ3n) is 2.11. The van der Waals surface area contributed by atoms with Gasteiger partial charge in [0.25, 0.3) is 0 Å². The maximum atomic E-state index is 3.72. The van der Waals surface area contributed by atoms with Gasteiger partial charge in [0.1, 0.15) is 0 Å². The van der Waals surface area contributed by atoms with E-state index in [-0.39, 0.29) is 0 Å². The van der Waals surface area contributed by atoms with Crippen molar-refractivity contribution in [2.75, 3.05) is 6.16 Å². The van der Waals surface area contributed by atoms with Gasteiger partial charge in [-0.05, 0) is 25.4 Å². The summed E-state index contributed by atoms with van der Waals surface area (Å²) in [5, 5.41) is 0. The molecule has 0 aromatic heterocycles. The van der Waals surface area contributed by atoms with Crippen molar-refractivity contribution in [3.63, 3.8) is 0 Å². The third-order valence-corrected chi connectivity index (χ3v) is 2.52. The molecule has 0 aliphatic heterocycles. The van der Waals surface area contributed by atoms with Crippen molar-refractivity contribution in [2.45, 2.75) is 51.4 Å². The van der Waals surface area contributed by atoms with E-state index in [0.717, 1.165) is 0 Å². The molecule has 1 unspecified atom stereocenters. The Morgan fingerprint density at radius 1 is 0.833 bits per heavy atom. The van der Waals surface area contributed by atoms with Gasteiger partial charge in [0, 0.05) is 0 Å². The van der Waals surface area contributed by atoms with Gasteiger partial charge >= 0.3 is 0 Å². The molecule has 0 aromatic rings. The molecule has 12 heavy (non-hydrogen) atoms. The first kappa shape index (κ1) is 12.2. The van der Waals surface area contributed by atoms with Crippen LogP contribution in [0.2, 0.25) is 0 Å². The van der Waals surface area contributed by atoms with Crippen molar-refractivity contribution in [1.82, 2.24) is 0 Å². The zero-order chi connectivity index (χ0) is 9.07. The van der Waals surface area contributed by atoms with Gasteiger partial charge in [-0.15, -0.1) is 15.8 Å². The fraction of sp³-hybridized carbons (Fsp3) is 0.818. The minimum absolute atomic E-state index is 1.20. The van der Waals surface area contributed by atoms with E-state index in [2.05, 4.69) is 15.8 Å². The summed E-state index contributed by atoms with van der Waals surface area (Å²) < 4.78 is 0. The van der Waals surface area contributed by atoms with Gasteiger partial charge in [0.15, 0.2) is 0 Å². The lowest BCUT2D eigenvalue weighted by Crippen LogP contribution is -1.80. The Kier molecular flexibility index (Phi) is 11.3. The first-order valence-electron chi connectivity index (χ1n) is 5.22. The minimum Gasteiger partial charge on any atom is -0.138 e. The van der Waals surface area contributed by atoms with Crippen molar-refractivity contribution in [1.29, 1.82) is 0 Å². The van der Waals surface area contributed by atoms with Crippen LogP contribution in [0.4, 0.5) is 0 Å². The summed E-state index contributed by atoms with van der Waals surface area (Å²) in [6.07, 6.45) is 14.3. The first-order chi connectivity index (χ1) is 5.91. The molecule has 0 saturated heterocycles. The summed E-state index contributed by atoms with van der Waals surface area (Å²) in [5.41, 5.74) is 0. The van der Waals surface area contributed by atoms with Gasteiger partial charge in [0.2, 0.25) is 0 Å². The van der Waals surface area contributed by atoms with E-state index in [1.54, 1.807) is 0 Å². The molecule has 0 saturated carbocycles. The fourth-order valence-corrected chi connectivity index (χ4v) is 1.61. The minimum atomic E-state index is 1.20. The van der Waals surface area contributed by atoms with E-state index >= 15 is 0 Å². The Hall–Kier alpha value is 0.170. The van der Waals surface area contributed by atoms with Crippen molar-refractivity contribution in [3.05, 3.63) is 12.7 Å². The molecule has 0 rings (SSSR count). The molecule has 0 fully saturated rings. The van der Waals surface area contributed by atoms with Crippen molar-refractivity contribution in [3.8, 4) is 0 Å². The van der Waals surface area contributed by atoms with Crippen LogP contribution in [0.15, 0.2) is 12.7 Å². The predicted molar refractivity (Wildman–Crippen MR) is 61.7 cm³/mol. The average molecular weight is 186 g/mol. The highest BCUT2D eigenvalue weighted by Gasteiger charge is 1.89. The Balaban J connectivity index is 2.77. The zero-order valence-corrected chi connectivity index (χ0v) is 9.38. The Morgan fingerprint density at radius 2 is 1.33 bits per heavy atom. The highest BCUT2D eigenvalue weighted by atomic mass is 31.0. The molecular weight excluding hydrogens is 163 g/mol. The molecule has 0 aromatic carbocycles. The number of hydrogen-bond donors (Lipinski definition) is 0. The third kappa shape index (κ3) is 10.2. The standard InChI is InChI=1S/C11H23P/c1-2-3-4-5-6-7-8-9-10-11-12/h2H,1,3-12H2. The number of allylic oxidation sites excluding steroid dienone is 1. The average Bonchev–Trinajstić information content (AvgIpc) is 2.10. The SMILES string of the molecule is C=CCCCCCCCCCP. The summed E-state index contributed by atoms with van der Waals surface area (Å²) in [4.78, 5) is 0. The summed E-state index contributed by atoms with van der Waals surface area (Å²) >= 11 is 0. The quantitative estimate of drug-likeness (QED) is 0.288. The van der Waals surface area contributed by atoms with Gasteiger partial charge in [-0.2, -0.15) is 0 Å². The number of hydrogen-bond acceptors (Lipinski definition) is 0. The Labute approximate surface area is 80.0 Å². The second-order valence-corrected chi connectivity index (χ2v) is 3.92. The van der Waals surface area contributed by atoms with Crippen LogP contribution in [-0.4, -0.2) is 6.16 Å². The van der Waals surface area contributed by atoms with Gasteiger partial charge in [-0.3, -0.25) is 0 Å². The van der Waals surface area contributed by atoms with Crippen LogP contribution in [-0.2, 0) is 0 Å². The van der Waals surface area contributed by atoms with E-state index < -0.39 is 0 Å². The Morgan fingerprint density at radius 3 is 1.83 bits per heavy atom. The lowest BCUT2D eigenvalue weighted by Gasteiger charge is -1.99. The fourth-order valence-electron chi connectivity index (χ4n) is 1.32. The molecule has 0 N–H and O–H groups in total. The second kappa shape index (κ2) is 11.2. The smallest absolute Gasteiger partial charge is 0.0353 e. The van der Waals surface area contributed by atoms with Crippen molar-refractivity contribution in [2.24, 2.45) is 0 Å². The van der Waals surface area contributed by atoms with E-state index in [1.807, 2.05) is 6.08 Å². The van der Waals surface area contributed by atoms with E-state index in [0.29, 0.717) is 0 Å². The summed E-state index contributed by atoms with van der Waals surface area (Å²) in [5.74, 6) is 0. The van der Waals surface area contributed by atoms with E-state index in [1.165, 1.54) is 57.5 Å². The number of rotatable bonds is 9. The monoisotopic (exact) mass is 186 g/mol. The molecule has 1 heteroatoms. The first-order valence-corrected chi connectivity index (χ1v) is 6.04.